The average molecular weight is 233 g/mol. The average Bonchev–Trinajstić information content (AvgIpc) is 2.62. The second kappa shape index (κ2) is 4.11. The molecule has 2 rings (SSSR count). The van der Waals surface area contributed by atoms with Crippen molar-refractivity contribution in [1.29, 1.82) is 0 Å². The minimum atomic E-state index is -4.14. The summed E-state index contributed by atoms with van der Waals surface area (Å²) in [4.78, 5) is 0. The monoisotopic (exact) mass is 233 g/mol. The van der Waals surface area contributed by atoms with Crippen molar-refractivity contribution >= 4 is 5.69 Å². The third kappa shape index (κ3) is 2.71. The van der Waals surface area contributed by atoms with E-state index in [-0.39, 0.29) is 13.3 Å². The normalized spacial score (nSPS) is 13.9. The number of rotatable bonds is 3. The zero-order valence-electron chi connectivity index (χ0n) is 8.30. The van der Waals surface area contributed by atoms with E-state index >= 15 is 0 Å². The molecule has 0 saturated heterocycles. The fourth-order valence-corrected chi connectivity index (χ4v) is 1.36. The summed E-state index contributed by atoms with van der Waals surface area (Å²) >= 11 is 0. The van der Waals surface area contributed by atoms with Gasteiger partial charge in [0.15, 0.2) is 11.5 Å². The summed E-state index contributed by atoms with van der Waals surface area (Å²) in [5.74, 6) is 1.17. The first-order chi connectivity index (χ1) is 7.54. The van der Waals surface area contributed by atoms with E-state index < -0.39 is 12.6 Å². The van der Waals surface area contributed by atoms with Crippen LogP contribution < -0.4 is 14.8 Å². The Morgan fingerprint density at radius 1 is 1.19 bits per heavy atom. The van der Waals surface area contributed by atoms with Gasteiger partial charge in [-0.25, -0.2) is 0 Å². The van der Waals surface area contributed by atoms with Crippen LogP contribution in [0.3, 0.4) is 0 Å². The molecule has 1 heterocycles. The summed E-state index contributed by atoms with van der Waals surface area (Å²) in [6, 6.07) is 4.95. The minimum Gasteiger partial charge on any atom is -0.454 e. The summed E-state index contributed by atoms with van der Waals surface area (Å²) in [5, 5.41) is 2.68. The molecule has 0 saturated carbocycles. The van der Waals surface area contributed by atoms with E-state index in [0.29, 0.717) is 17.2 Å². The molecule has 0 amide bonds. The van der Waals surface area contributed by atoms with E-state index in [1.165, 1.54) is 0 Å². The van der Waals surface area contributed by atoms with Crippen LogP contribution in [0.2, 0.25) is 0 Å². The molecule has 3 nitrogen and oxygen atoms in total. The summed E-state index contributed by atoms with van der Waals surface area (Å²) in [6.07, 6.45) is -5.00. The summed E-state index contributed by atoms with van der Waals surface area (Å²) in [6.45, 7) is 0.00445. The van der Waals surface area contributed by atoms with Crippen molar-refractivity contribution in [1.82, 2.24) is 0 Å². The molecule has 0 spiro atoms. The Morgan fingerprint density at radius 2 is 1.94 bits per heavy atom. The van der Waals surface area contributed by atoms with Crippen LogP contribution in [0, 0.1) is 0 Å². The van der Waals surface area contributed by atoms with Crippen LogP contribution in [0.25, 0.3) is 0 Å². The minimum absolute atomic E-state index is 0.150. The molecule has 88 valence electrons. The van der Waals surface area contributed by atoms with E-state index in [0.717, 1.165) is 0 Å². The third-order valence-corrected chi connectivity index (χ3v) is 2.11. The van der Waals surface area contributed by atoms with Gasteiger partial charge in [0.25, 0.3) is 0 Å². The van der Waals surface area contributed by atoms with Crippen molar-refractivity contribution in [2.75, 3.05) is 18.7 Å². The predicted molar refractivity (Wildman–Crippen MR) is 51.7 cm³/mol. The highest BCUT2D eigenvalue weighted by atomic mass is 19.4. The Bertz CT molecular complexity index is 379. The van der Waals surface area contributed by atoms with Crippen LogP contribution in [-0.4, -0.2) is 19.5 Å². The largest absolute Gasteiger partial charge is 0.454 e. The van der Waals surface area contributed by atoms with Gasteiger partial charge in [-0.1, -0.05) is 0 Å². The molecule has 1 aromatic rings. The number of anilines is 1. The first-order valence-electron chi connectivity index (χ1n) is 4.75. The Labute approximate surface area is 90.2 Å². The standard InChI is InChI=1S/C10H10F3NO2/c11-10(12,13)3-4-14-7-1-2-8-9(5-7)16-6-15-8/h1-2,5,14H,3-4,6H2. The molecule has 6 heteroatoms. The first kappa shape index (κ1) is 10.9. The Hall–Kier alpha value is -1.59. The fraction of sp³-hybridized carbons (Fsp3) is 0.400. The molecule has 1 aliphatic rings. The van der Waals surface area contributed by atoms with Gasteiger partial charge in [-0.15, -0.1) is 0 Å². The lowest BCUT2D eigenvalue weighted by Gasteiger charge is -2.09. The number of halogens is 3. The lowest BCUT2D eigenvalue weighted by atomic mass is 10.2. The van der Waals surface area contributed by atoms with Gasteiger partial charge in [-0.3, -0.25) is 0 Å². The van der Waals surface area contributed by atoms with Gasteiger partial charge in [-0.2, -0.15) is 13.2 Å². The number of ether oxygens (including phenoxy) is 2. The molecule has 1 aliphatic heterocycles. The maximum Gasteiger partial charge on any atom is 0.390 e. The number of nitrogens with one attached hydrogen (secondary N) is 1. The number of benzene rings is 1. The van der Waals surface area contributed by atoms with Crippen molar-refractivity contribution in [3.63, 3.8) is 0 Å². The molecule has 0 atom stereocenters. The summed E-state index contributed by atoms with van der Waals surface area (Å²) < 4.78 is 45.9. The molecular formula is C10H10F3NO2. The van der Waals surface area contributed by atoms with Crippen molar-refractivity contribution in [2.24, 2.45) is 0 Å². The lowest BCUT2D eigenvalue weighted by Crippen LogP contribution is -2.14. The molecular weight excluding hydrogens is 223 g/mol. The molecule has 0 aromatic heterocycles. The summed E-state index contributed by atoms with van der Waals surface area (Å²) in [5.41, 5.74) is 0.591. The zero-order valence-corrected chi connectivity index (χ0v) is 8.30. The number of hydrogen-bond donors (Lipinski definition) is 1. The highest BCUT2D eigenvalue weighted by molar-refractivity contribution is 5.55. The van der Waals surface area contributed by atoms with Crippen LogP contribution in [0.5, 0.6) is 11.5 Å². The van der Waals surface area contributed by atoms with Crippen molar-refractivity contribution in [2.45, 2.75) is 12.6 Å². The zero-order chi connectivity index (χ0) is 11.6. The van der Waals surface area contributed by atoms with Gasteiger partial charge >= 0.3 is 6.18 Å². The van der Waals surface area contributed by atoms with E-state index in [1.807, 2.05) is 0 Å². The molecule has 0 unspecified atom stereocenters. The van der Waals surface area contributed by atoms with E-state index in [2.05, 4.69) is 5.32 Å². The number of alkyl halides is 3. The molecule has 0 radical (unpaired) electrons. The lowest BCUT2D eigenvalue weighted by molar-refractivity contribution is -0.131. The molecule has 0 fully saturated rings. The highest BCUT2D eigenvalue weighted by Crippen LogP contribution is 2.34. The summed E-state index contributed by atoms with van der Waals surface area (Å²) in [7, 11) is 0. The quantitative estimate of drug-likeness (QED) is 0.870. The van der Waals surface area contributed by atoms with Gasteiger partial charge in [0.05, 0.1) is 6.42 Å². The Kier molecular flexibility index (Phi) is 2.80. The van der Waals surface area contributed by atoms with Gasteiger partial charge in [0.1, 0.15) is 0 Å². The van der Waals surface area contributed by atoms with Crippen molar-refractivity contribution < 1.29 is 22.6 Å². The third-order valence-electron chi connectivity index (χ3n) is 2.11. The fourth-order valence-electron chi connectivity index (χ4n) is 1.36. The van der Waals surface area contributed by atoms with Crippen molar-refractivity contribution in [3.05, 3.63) is 18.2 Å². The number of fused-ring (bicyclic) bond motifs is 1. The van der Waals surface area contributed by atoms with E-state index in [4.69, 9.17) is 9.47 Å². The van der Waals surface area contributed by atoms with Gasteiger partial charge < -0.3 is 14.8 Å². The van der Waals surface area contributed by atoms with Gasteiger partial charge in [0, 0.05) is 18.3 Å². The molecule has 1 N–H and O–H groups in total. The van der Waals surface area contributed by atoms with Gasteiger partial charge in [-0.05, 0) is 12.1 Å². The maximum absolute atomic E-state index is 11.9. The SMILES string of the molecule is FC(F)(F)CCNc1ccc2c(c1)OCO2. The van der Waals surface area contributed by atoms with Crippen LogP contribution in [0.4, 0.5) is 18.9 Å². The first-order valence-corrected chi connectivity index (χ1v) is 4.75. The molecule has 0 aliphatic carbocycles. The van der Waals surface area contributed by atoms with Crippen LogP contribution in [-0.2, 0) is 0 Å². The van der Waals surface area contributed by atoms with Crippen LogP contribution in [0.1, 0.15) is 6.42 Å². The van der Waals surface area contributed by atoms with Gasteiger partial charge in [0.2, 0.25) is 6.79 Å². The predicted octanol–water partition coefficient (Wildman–Crippen LogP) is 2.78. The molecule has 0 bridgehead atoms. The Morgan fingerprint density at radius 3 is 2.69 bits per heavy atom. The highest BCUT2D eigenvalue weighted by Gasteiger charge is 2.26. The topological polar surface area (TPSA) is 30.5 Å². The smallest absolute Gasteiger partial charge is 0.390 e. The number of hydrogen-bond acceptors (Lipinski definition) is 3. The van der Waals surface area contributed by atoms with Crippen LogP contribution in [0.15, 0.2) is 18.2 Å². The van der Waals surface area contributed by atoms with E-state index in [9.17, 15) is 13.2 Å². The second-order valence-electron chi connectivity index (χ2n) is 3.36. The van der Waals surface area contributed by atoms with Crippen LogP contribution >= 0.6 is 0 Å². The second-order valence-corrected chi connectivity index (χ2v) is 3.36. The maximum atomic E-state index is 11.9. The van der Waals surface area contributed by atoms with E-state index in [1.54, 1.807) is 18.2 Å². The van der Waals surface area contributed by atoms with Crippen molar-refractivity contribution in [3.8, 4) is 11.5 Å². The molecule has 16 heavy (non-hydrogen) atoms. The molecule has 1 aromatic carbocycles. The Balaban J connectivity index is 1.91.